The first-order valence-electron chi connectivity index (χ1n) is 6.07. The fraction of sp³-hybridized carbons (Fsp3) is 0.769. The molecule has 0 aromatic heterocycles. The quantitative estimate of drug-likeness (QED) is 0.678. The Kier molecular flexibility index (Phi) is 6.69. The predicted molar refractivity (Wildman–Crippen MR) is 67.5 cm³/mol. The van der Waals surface area contributed by atoms with Crippen LogP contribution in [0.1, 0.15) is 41.5 Å². The molecule has 0 aliphatic carbocycles. The number of Topliss-reactive ketones (excluding diaryl/α,β-unsaturated/α-hetero) is 1. The maximum Gasteiger partial charge on any atom is 0.344 e. The van der Waals surface area contributed by atoms with Crippen molar-refractivity contribution in [1.82, 2.24) is 0 Å². The summed E-state index contributed by atoms with van der Waals surface area (Å²) in [6.07, 6.45) is -1.62. The van der Waals surface area contributed by atoms with Gasteiger partial charge in [-0.3, -0.25) is 4.79 Å². The molecule has 6 heteroatoms. The van der Waals surface area contributed by atoms with Crippen LogP contribution in [0, 0.1) is 0 Å². The van der Waals surface area contributed by atoms with Gasteiger partial charge in [0.05, 0.1) is 5.60 Å². The van der Waals surface area contributed by atoms with E-state index in [0.717, 1.165) is 0 Å². The second-order valence-electron chi connectivity index (χ2n) is 5.22. The summed E-state index contributed by atoms with van der Waals surface area (Å²) in [5.74, 6) is -1.69. The molecule has 0 rings (SSSR count). The maximum absolute atomic E-state index is 11.5. The smallest absolute Gasteiger partial charge is 0.344 e. The molecule has 2 unspecified atom stereocenters. The van der Waals surface area contributed by atoms with Crippen molar-refractivity contribution in [2.45, 2.75) is 59.4 Å². The Hall–Kier alpha value is -1.43. The first-order valence-corrected chi connectivity index (χ1v) is 6.07. The summed E-state index contributed by atoms with van der Waals surface area (Å²) in [4.78, 5) is 33.7. The second kappa shape index (κ2) is 7.23. The van der Waals surface area contributed by atoms with E-state index in [9.17, 15) is 14.4 Å². The lowest BCUT2D eigenvalue weighted by molar-refractivity contribution is -0.173. The molecule has 0 heterocycles. The van der Waals surface area contributed by atoms with E-state index < -0.39 is 36.4 Å². The standard InChI is InChI=1S/C13H22O6/c1-8(14)9(2)18-11(15)7-17-12(16)10(3)19-13(4,5)6/h9-10H,7H2,1-6H3. The van der Waals surface area contributed by atoms with Crippen molar-refractivity contribution >= 4 is 17.7 Å². The Morgan fingerprint density at radius 1 is 1.05 bits per heavy atom. The number of rotatable bonds is 6. The fourth-order valence-electron chi connectivity index (χ4n) is 1.14. The van der Waals surface area contributed by atoms with Gasteiger partial charge in [-0.1, -0.05) is 0 Å². The van der Waals surface area contributed by atoms with Gasteiger partial charge in [0.1, 0.15) is 0 Å². The molecule has 0 amide bonds. The first kappa shape index (κ1) is 17.6. The Bertz CT molecular complexity index is 342. The fourth-order valence-corrected chi connectivity index (χ4v) is 1.14. The number of ketones is 1. The summed E-state index contributed by atoms with van der Waals surface area (Å²) >= 11 is 0. The molecular weight excluding hydrogens is 252 g/mol. The third-order valence-corrected chi connectivity index (χ3v) is 2.08. The molecule has 2 atom stereocenters. The lowest BCUT2D eigenvalue weighted by Gasteiger charge is -2.23. The van der Waals surface area contributed by atoms with Gasteiger partial charge < -0.3 is 14.2 Å². The summed E-state index contributed by atoms with van der Waals surface area (Å²) < 4.78 is 14.8. The molecule has 0 fully saturated rings. The second-order valence-corrected chi connectivity index (χ2v) is 5.22. The Labute approximate surface area is 113 Å². The highest BCUT2D eigenvalue weighted by atomic mass is 16.6. The summed E-state index contributed by atoms with van der Waals surface area (Å²) in [5.41, 5.74) is -0.484. The van der Waals surface area contributed by atoms with Gasteiger partial charge in [0.25, 0.3) is 0 Å². The van der Waals surface area contributed by atoms with Gasteiger partial charge >= 0.3 is 11.9 Å². The van der Waals surface area contributed by atoms with Crippen LogP contribution in [-0.4, -0.2) is 42.1 Å². The van der Waals surface area contributed by atoms with Gasteiger partial charge in [0.15, 0.2) is 24.6 Å². The largest absolute Gasteiger partial charge is 0.452 e. The molecule has 0 spiro atoms. The van der Waals surface area contributed by atoms with Crippen LogP contribution in [-0.2, 0) is 28.6 Å². The third kappa shape index (κ3) is 8.31. The minimum Gasteiger partial charge on any atom is -0.452 e. The van der Waals surface area contributed by atoms with Crippen LogP contribution in [0.5, 0.6) is 0 Å². The van der Waals surface area contributed by atoms with E-state index in [1.54, 1.807) is 20.8 Å². The molecule has 19 heavy (non-hydrogen) atoms. The molecule has 6 nitrogen and oxygen atoms in total. The first-order chi connectivity index (χ1) is 8.53. The van der Waals surface area contributed by atoms with Gasteiger partial charge in [-0.2, -0.15) is 0 Å². The molecule has 0 aliphatic heterocycles. The maximum atomic E-state index is 11.5. The zero-order valence-corrected chi connectivity index (χ0v) is 12.3. The molecule has 0 saturated heterocycles. The van der Waals surface area contributed by atoms with E-state index in [2.05, 4.69) is 0 Å². The average molecular weight is 274 g/mol. The lowest BCUT2D eigenvalue weighted by Crippen LogP contribution is -2.34. The van der Waals surface area contributed by atoms with Crippen LogP contribution in [0.3, 0.4) is 0 Å². The van der Waals surface area contributed by atoms with Crippen LogP contribution >= 0.6 is 0 Å². The summed E-state index contributed by atoms with van der Waals surface area (Å²) in [5, 5.41) is 0. The van der Waals surface area contributed by atoms with Gasteiger partial charge in [-0.05, 0) is 41.5 Å². The molecule has 0 N–H and O–H groups in total. The zero-order chi connectivity index (χ0) is 15.2. The van der Waals surface area contributed by atoms with Gasteiger partial charge in [-0.25, -0.2) is 9.59 Å². The molecule has 0 aromatic carbocycles. The summed E-state index contributed by atoms with van der Waals surface area (Å²) in [6, 6.07) is 0. The van der Waals surface area contributed by atoms with Gasteiger partial charge in [-0.15, -0.1) is 0 Å². The molecule has 0 saturated carbocycles. The van der Waals surface area contributed by atoms with Crippen LogP contribution in [0.2, 0.25) is 0 Å². The predicted octanol–water partition coefficient (Wildman–Crippen LogP) is 1.25. The highest BCUT2D eigenvalue weighted by Crippen LogP contribution is 2.11. The topological polar surface area (TPSA) is 78.9 Å². The van der Waals surface area contributed by atoms with Gasteiger partial charge in [0.2, 0.25) is 0 Å². The number of carbonyl (C=O) groups is 3. The van der Waals surface area contributed by atoms with Crippen molar-refractivity contribution in [2.75, 3.05) is 6.61 Å². The Morgan fingerprint density at radius 2 is 1.58 bits per heavy atom. The van der Waals surface area contributed by atoms with Crippen molar-refractivity contribution in [3.63, 3.8) is 0 Å². The molecular formula is C13H22O6. The van der Waals surface area contributed by atoms with Crippen LogP contribution in [0.25, 0.3) is 0 Å². The number of hydrogen-bond donors (Lipinski definition) is 0. The average Bonchev–Trinajstić information content (AvgIpc) is 2.23. The van der Waals surface area contributed by atoms with Gasteiger partial charge in [0, 0.05) is 0 Å². The molecule has 0 aliphatic rings. The van der Waals surface area contributed by atoms with E-state index in [1.807, 2.05) is 0 Å². The van der Waals surface area contributed by atoms with Crippen LogP contribution in [0.4, 0.5) is 0 Å². The Morgan fingerprint density at radius 3 is 2.00 bits per heavy atom. The molecule has 0 aromatic rings. The monoisotopic (exact) mass is 274 g/mol. The van der Waals surface area contributed by atoms with Crippen molar-refractivity contribution in [2.24, 2.45) is 0 Å². The number of esters is 2. The summed E-state index contributed by atoms with van der Waals surface area (Å²) in [6.45, 7) is 9.18. The van der Waals surface area contributed by atoms with E-state index in [0.29, 0.717) is 0 Å². The minimum atomic E-state index is -0.838. The van der Waals surface area contributed by atoms with E-state index >= 15 is 0 Å². The number of carbonyl (C=O) groups excluding carboxylic acids is 3. The molecule has 0 bridgehead atoms. The van der Waals surface area contributed by atoms with E-state index in [1.165, 1.54) is 20.8 Å². The van der Waals surface area contributed by atoms with Crippen molar-refractivity contribution in [3.05, 3.63) is 0 Å². The lowest BCUT2D eigenvalue weighted by atomic mass is 10.2. The zero-order valence-electron chi connectivity index (χ0n) is 12.3. The molecule has 110 valence electrons. The number of ether oxygens (including phenoxy) is 3. The molecule has 0 radical (unpaired) electrons. The van der Waals surface area contributed by atoms with Crippen molar-refractivity contribution in [3.8, 4) is 0 Å². The normalized spacial score (nSPS) is 14.4. The third-order valence-electron chi connectivity index (χ3n) is 2.08. The minimum absolute atomic E-state index is 0.274. The highest BCUT2D eigenvalue weighted by molar-refractivity contribution is 5.84. The van der Waals surface area contributed by atoms with E-state index in [4.69, 9.17) is 14.2 Å². The van der Waals surface area contributed by atoms with Crippen molar-refractivity contribution in [1.29, 1.82) is 0 Å². The number of hydrogen-bond acceptors (Lipinski definition) is 6. The highest BCUT2D eigenvalue weighted by Gasteiger charge is 2.23. The Balaban J connectivity index is 4.09. The van der Waals surface area contributed by atoms with Crippen LogP contribution < -0.4 is 0 Å². The summed E-state index contributed by atoms with van der Waals surface area (Å²) in [7, 11) is 0. The van der Waals surface area contributed by atoms with Crippen molar-refractivity contribution < 1.29 is 28.6 Å². The van der Waals surface area contributed by atoms with Crippen LogP contribution in [0.15, 0.2) is 0 Å². The van der Waals surface area contributed by atoms with E-state index in [-0.39, 0.29) is 5.78 Å². The SMILES string of the molecule is CC(=O)C(C)OC(=O)COC(=O)C(C)OC(C)(C)C.